The molecule has 0 saturated carbocycles. The average Bonchev–Trinajstić information content (AvgIpc) is 2.71. The van der Waals surface area contributed by atoms with Crippen LogP contribution in [-0.4, -0.2) is 9.78 Å². The van der Waals surface area contributed by atoms with Gasteiger partial charge in [-0.05, 0) is 23.8 Å². The first kappa shape index (κ1) is 8.52. The normalized spacial score (nSPS) is 9.64. The van der Waals surface area contributed by atoms with E-state index in [1.165, 1.54) is 0 Å². The third-order valence-corrected chi connectivity index (χ3v) is 1.96. The summed E-state index contributed by atoms with van der Waals surface area (Å²) in [6.45, 7) is 0.711. The van der Waals surface area contributed by atoms with E-state index in [1.54, 1.807) is 12.3 Å². The van der Waals surface area contributed by atoms with Crippen molar-refractivity contribution in [3.8, 4) is 6.07 Å². The minimum absolute atomic E-state index is 0.689. The second-order valence-electron chi connectivity index (χ2n) is 3.02. The Balaban J connectivity index is 2.22. The third kappa shape index (κ3) is 1.80. The van der Waals surface area contributed by atoms with Crippen molar-refractivity contribution >= 4 is 0 Å². The molecule has 0 bridgehead atoms. The first-order valence-electron chi connectivity index (χ1n) is 4.35. The Labute approximate surface area is 82.2 Å². The molecule has 68 valence electrons. The molecule has 14 heavy (non-hydrogen) atoms. The molecule has 0 radical (unpaired) electrons. The van der Waals surface area contributed by atoms with Gasteiger partial charge in [0.2, 0.25) is 0 Å². The number of benzene rings is 1. The van der Waals surface area contributed by atoms with Crippen LogP contribution in [0.3, 0.4) is 0 Å². The molecular formula is C11H9N3. The van der Waals surface area contributed by atoms with E-state index < -0.39 is 0 Å². The molecule has 0 aliphatic heterocycles. The Bertz CT molecular complexity index is 452. The van der Waals surface area contributed by atoms with E-state index in [0.29, 0.717) is 12.1 Å². The summed E-state index contributed by atoms with van der Waals surface area (Å²) < 4.78 is 1.83. The maximum Gasteiger partial charge on any atom is 0.0991 e. The Morgan fingerprint density at radius 1 is 1.36 bits per heavy atom. The standard InChI is InChI=1S/C11H9N3/c12-8-10-3-1-4-11(7-10)9-14-6-2-5-13-14/h1-7H,9H2. The van der Waals surface area contributed by atoms with E-state index in [2.05, 4.69) is 11.2 Å². The summed E-state index contributed by atoms with van der Waals surface area (Å²) in [5, 5.41) is 12.8. The maximum atomic E-state index is 8.72. The van der Waals surface area contributed by atoms with Crippen molar-refractivity contribution in [2.24, 2.45) is 0 Å². The summed E-state index contributed by atoms with van der Waals surface area (Å²) >= 11 is 0. The molecule has 1 aromatic heterocycles. The fraction of sp³-hybridized carbons (Fsp3) is 0.0909. The summed E-state index contributed by atoms with van der Waals surface area (Å²) in [5.74, 6) is 0. The lowest BCUT2D eigenvalue weighted by molar-refractivity contribution is 0.687. The van der Waals surface area contributed by atoms with Crippen LogP contribution in [0, 0.1) is 11.3 Å². The molecule has 2 rings (SSSR count). The van der Waals surface area contributed by atoms with E-state index in [4.69, 9.17) is 5.26 Å². The monoisotopic (exact) mass is 183 g/mol. The Kier molecular flexibility index (Phi) is 2.28. The van der Waals surface area contributed by atoms with Crippen LogP contribution in [0.1, 0.15) is 11.1 Å². The summed E-state index contributed by atoms with van der Waals surface area (Å²) in [6, 6.07) is 11.6. The molecule has 1 heterocycles. The zero-order valence-electron chi connectivity index (χ0n) is 7.59. The molecule has 0 unspecified atom stereocenters. The minimum atomic E-state index is 0.689. The van der Waals surface area contributed by atoms with Gasteiger partial charge in [-0.3, -0.25) is 4.68 Å². The van der Waals surface area contributed by atoms with Crippen LogP contribution in [0.5, 0.6) is 0 Å². The highest BCUT2D eigenvalue weighted by Gasteiger charge is 1.96. The zero-order valence-corrected chi connectivity index (χ0v) is 7.59. The Morgan fingerprint density at radius 3 is 3.00 bits per heavy atom. The summed E-state index contributed by atoms with van der Waals surface area (Å²) in [7, 11) is 0. The predicted octanol–water partition coefficient (Wildman–Crippen LogP) is 1.80. The topological polar surface area (TPSA) is 41.6 Å². The average molecular weight is 183 g/mol. The number of aromatic nitrogens is 2. The molecule has 2 aromatic rings. The van der Waals surface area contributed by atoms with Crippen LogP contribution in [-0.2, 0) is 6.54 Å². The maximum absolute atomic E-state index is 8.72. The van der Waals surface area contributed by atoms with E-state index in [-0.39, 0.29) is 0 Å². The van der Waals surface area contributed by atoms with Gasteiger partial charge in [-0.15, -0.1) is 0 Å². The van der Waals surface area contributed by atoms with Gasteiger partial charge in [0.05, 0.1) is 18.2 Å². The van der Waals surface area contributed by atoms with Crippen molar-refractivity contribution in [2.45, 2.75) is 6.54 Å². The smallest absolute Gasteiger partial charge is 0.0991 e. The molecule has 0 aliphatic carbocycles. The van der Waals surface area contributed by atoms with E-state index in [0.717, 1.165) is 5.56 Å². The van der Waals surface area contributed by atoms with Crippen molar-refractivity contribution in [3.63, 3.8) is 0 Å². The van der Waals surface area contributed by atoms with Gasteiger partial charge in [-0.2, -0.15) is 10.4 Å². The fourth-order valence-corrected chi connectivity index (χ4v) is 1.32. The molecule has 0 aliphatic rings. The third-order valence-electron chi connectivity index (χ3n) is 1.96. The van der Waals surface area contributed by atoms with Gasteiger partial charge >= 0.3 is 0 Å². The summed E-state index contributed by atoms with van der Waals surface area (Å²) in [5.41, 5.74) is 1.78. The van der Waals surface area contributed by atoms with Crippen molar-refractivity contribution in [2.75, 3.05) is 0 Å². The molecule has 3 nitrogen and oxygen atoms in total. The van der Waals surface area contributed by atoms with Crippen LogP contribution >= 0.6 is 0 Å². The van der Waals surface area contributed by atoms with Crippen molar-refractivity contribution in [3.05, 3.63) is 53.9 Å². The molecule has 1 aromatic carbocycles. The van der Waals surface area contributed by atoms with Crippen LogP contribution < -0.4 is 0 Å². The van der Waals surface area contributed by atoms with E-state index >= 15 is 0 Å². The molecule has 0 N–H and O–H groups in total. The molecule has 3 heteroatoms. The Morgan fingerprint density at radius 2 is 2.29 bits per heavy atom. The van der Waals surface area contributed by atoms with Gasteiger partial charge in [0, 0.05) is 12.4 Å². The highest BCUT2D eigenvalue weighted by atomic mass is 15.3. The first-order valence-corrected chi connectivity index (χ1v) is 4.35. The second-order valence-corrected chi connectivity index (χ2v) is 3.02. The molecule has 0 amide bonds. The molecule has 0 atom stereocenters. The van der Waals surface area contributed by atoms with Gasteiger partial charge in [-0.25, -0.2) is 0 Å². The lowest BCUT2D eigenvalue weighted by Gasteiger charge is -2.01. The highest BCUT2D eigenvalue weighted by Crippen LogP contribution is 2.05. The number of hydrogen-bond acceptors (Lipinski definition) is 2. The van der Waals surface area contributed by atoms with E-state index in [9.17, 15) is 0 Å². The lowest BCUT2D eigenvalue weighted by atomic mass is 10.1. The number of nitriles is 1. The molecule has 0 fully saturated rings. The number of hydrogen-bond donors (Lipinski definition) is 0. The van der Waals surface area contributed by atoms with Gasteiger partial charge in [0.15, 0.2) is 0 Å². The lowest BCUT2D eigenvalue weighted by Crippen LogP contribution is -1.99. The minimum Gasteiger partial charge on any atom is -0.268 e. The van der Waals surface area contributed by atoms with Gasteiger partial charge in [0.1, 0.15) is 0 Å². The molecule has 0 spiro atoms. The van der Waals surface area contributed by atoms with Crippen molar-refractivity contribution in [1.29, 1.82) is 5.26 Å². The van der Waals surface area contributed by atoms with Crippen LogP contribution in [0.2, 0.25) is 0 Å². The molecule has 0 saturated heterocycles. The van der Waals surface area contributed by atoms with Crippen molar-refractivity contribution < 1.29 is 0 Å². The number of rotatable bonds is 2. The van der Waals surface area contributed by atoms with Crippen LogP contribution in [0.4, 0.5) is 0 Å². The molecular weight excluding hydrogens is 174 g/mol. The Hall–Kier alpha value is -2.08. The highest BCUT2D eigenvalue weighted by molar-refractivity contribution is 5.32. The number of nitrogens with zero attached hydrogens (tertiary/aromatic N) is 3. The van der Waals surface area contributed by atoms with Crippen LogP contribution in [0.15, 0.2) is 42.7 Å². The first-order chi connectivity index (χ1) is 6.88. The SMILES string of the molecule is N#Cc1cccc(Cn2cccn2)c1. The zero-order chi connectivity index (χ0) is 9.80. The largest absolute Gasteiger partial charge is 0.268 e. The fourth-order valence-electron chi connectivity index (χ4n) is 1.32. The van der Waals surface area contributed by atoms with Gasteiger partial charge in [0.25, 0.3) is 0 Å². The predicted molar refractivity (Wildman–Crippen MR) is 52.5 cm³/mol. The van der Waals surface area contributed by atoms with Crippen molar-refractivity contribution in [1.82, 2.24) is 9.78 Å². The summed E-state index contributed by atoms with van der Waals surface area (Å²) in [4.78, 5) is 0. The quantitative estimate of drug-likeness (QED) is 0.712. The van der Waals surface area contributed by atoms with Gasteiger partial charge in [-0.1, -0.05) is 12.1 Å². The van der Waals surface area contributed by atoms with Crippen LogP contribution in [0.25, 0.3) is 0 Å². The second kappa shape index (κ2) is 3.75. The summed E-state index contributed by atoms with van der Waals surface area (Å²) in [6.07, 6.45) is 3.65. The van der Waals surface area contributed by atoms with E-state index in [1.807, 2.05) is 35.1 Å². The van der Waals surface area contributed by atoms with Gasteiger partial charge < -0.3 is 0 Å².